The second kappa shape index (κ2) is 7.09. The summed E-state index contributed by atoms with van der Waals surface area (Å²) < 4.78 is 11.6. The molecule has 0 unspecified atom stereocenters. The number of carbonyl (C=O) groups excluding carboxylic acids is 1. The Kier molecular flexibility index (Phi) is 4.63. The number of benzene rings is 1. The van der Waals surface area contributed by atoms with Gasteiger partial charge < -0.3 is 9.47 Å². The van der Waals surface area contributed by atoms with Crippen molar-refractivity contribution in [2.45, 2.75) is 13.8 Å². The smallest absolute Gasteiger partial charge is 0.232 e. The number of hydrogen-bond acceptors (Lipinski definition) is 7. The molecule has 0 radical (unpaired) electrons. The van der Waals surface area contributed by atoms with Crippen LogP contribution in [0.1, 0.15) is 23.1 Å². The molecule has 0 saturated carbocycles. The van der Waals surface area contributed by atoms with E-state index in [1.807, 2.05) is 18.4 Å². The normalized spacial score (nSPS) is 10.9. The lowest BCUT2D eigenvalue weighted by Gasteiger charge is -2.12. The van der Waals surface area contributed by atoms with Gasteiger partial charge in [0.2, 0.25) is 5.88 Å². The molecule has 0 fully saturated rings. The fourth-order valence-electron chi connectivity index (χ4n) is 2.77. The third kappa shape index (κ3) is 3.31. The summed E-state index contributed by atoms with van der Waals surface area (Å²) in [5.41, 5.74) is 1.62. The van der Waals surface area contributed by atoms with Gasteiger partial charge in [-0.3, -0.25) is 4.79 Å². The number of aromatic nitrogens is 2. The number of methoxy groups -OCH3 is 1. The maximum absolute atomic E-state index is 11.6. The Hall–Kier alpha value is -2.77. The van der Waals surface area contributed by atoms with Gasteiger partial charge in [0.1, 0.15) is 10.7 Å². The first-order valence-corrected chi connectivity index (χ1v) is 9.99. The standard InChI is InChI=1S/C20H16N2O3S2/c1-11(23)13-6-7-15(16(9-13)24-3)25-19-18-14(17-5-4-8-26-17)10-27-20(18)22-12(2)21-19/h4-10H,1-3H3. The molecule has 4 aromatic rings. The third-order valence-corrected chi connectivity index (χ3v) is 5.85. The predicted molar refractivity (Wildman–Crippen MR) is 109 cm³/mol. The van der Waals surface area contributed by atoms with E-state index in [0.717, 1.165) is 20.7 Å². The van der Waals surface area contributed by atoms with Crippen molar-refractivity contribution in [3.8, 4) is 27.8 Å². The van der Waals surface area contributed by atoms with E-state index in [4.69, 9.17) is 9.47 Å². The van der Waals surface area contributed by atoms with E-state index in [-0.39, 0.29) is 5.78 Å². The number of thiophene rings is 2. The highest BCUT2D eigenvalue weighted by Gasteiger charge is 2.18. The first-order chi connectivity index (χ1) is 13.1. The molecule has 5 nitrogen and oxygen atoms in total. The monoisotopic (exact) mass is 396 g/mol. The number of Topliss-reactive ketones (excluding diaryl/α,β-unsaturated/α-hetero) is 1. The van der Waals surface area contributed by atoms with Gasteiger partial charge in [0, 0.05) is 21.4 Å². The summed E-state index contributed by atoms with van der Waals surface area (Å²) in [5.74, 6) is 2.08. The van der Waals surface area contributed by atoms with Crippen LogP contribution in [-0.2, 0) is 0 Å². The van der Waals surface area contributed by atoms with Gasteiger partial charge in [-0.1, -0.05) is 6.07 Å². The lowest BCUT2D eigenvalue weighted by Crippen LogP contribution is -1.98. The molecule has 0 N–H and O–H groups in total. The van der Waals surface area contributed by atoms with Gasteiger partial charge in [-0.05, 0) is 43.5 Å². The van der Waals surface area contributed by atoms with Crippen LogP contribution in [0.3, 0.4) is 0 Å². The van der Waals surface area contributed by atoms with Crippen molar-refractivity contribution < 1.29 is 14.3 Å². The van der Waals surface area contributed by atoms with Crippen LogP contribution in [0.4, 0.5) is 0 Å². The number of carbonyl (C=O) groups is 1. The second-order valence-electron chi connectivity index (χ2n) is 5.91. The summed E-state index contributed by atoms with van der Waals surface area (Å²) in [5, 5.41) is 5.00. The Morgan fingerprint density at radius 1 is 1.11 bits per heavy atom. The molecule has 0 atom stereocenters. The van der Waals surface area contributed by atoms with Crippen LogP contribution in [-0.4, -0.2) is 22.9 Å². The summed E-state index contributed by atoms with van der Waals surface area (Å²) in [4.78, 5) is 22.7. The molecule has 3 aromatic heterocycles. The van der Waals surface area contributed by atoms with Crippen LogP contribution in [0, 0.1) is 6.92 Å². The molecular weight excluding hydrogens is 380 g/mol. The first kappa shape index (κ1) is 17.6. The lowest BCUT2D eigenvalue weighted by atomic mass is 10.1. The van der Waals surface area contributed by atoms with E-state index >= 15 is 0 Å². The number of rotatable bonds is 5. The molecule has 0 aliphatic heterocycles. The minimum Gasteiger partial charge on any atom is -0.493 e. The molecule has 7 heteroatoms. The zero-order valence-corrected chi connectivity index (χ0v) is 16.6. The Morgan fingerprint density at radius 2 is 1.96 bits per heavy atom. The highest BCUT2D eigenvalue weighted by Crippen LogP contribution is 2.42. The molecule has 3 heterocycles. The van der Waals surface area contributed by atoms with Crippen molar-refractivity contribution in [2.75, 3.05) is 7.11 Å². The van der Waals surface area contributed by atoms with Crippen LogP contribution in [0.25, 0.3) is 20.7 Å². The van der Waals surface area contributed by atoms with Gasteiger partial charge in [0.15, 0.2) is 17.3 Å². The van der Waals surface area contributed by atoms with Crippen molar-refractivity contribution in [3.05, 3.63) is 52.5 Å². The SMILES string of the molecule is COc1cc(C(C)=O)ccc1Oc1nc(C)nc2scc(-c3cccs3)c12. The van der Waals surface area contributed by atoms with E-state index in [1.165, 1.54) is 6.92 Å². The number of aryl methyl sites for hydroxylation is 1. The molecule has 1 aromatic carbocycles. The van der Waals surface area contributed by atoms with Crippen molar-refractivity contribution in [3.63, 3.8) is 0 Å². The van der Waals surface area contributed by atoms with Gasteiger partial charge in [0.25, 0.3) is 0 Å². The Bertz CT molecular complexity index is 1130. The van der Waals surface area contributed by atoms with Gasteiger partial charge >= 0.3 is 0 Å². The van der Waals surface area contributed by atoms with E-state index in [2.05, 4.69) is 21.4 Å². The third-order valence-electron chi connectivity index (χ3n) is 4.08. The van der Waals surface area contributed by atoms with Gasteiger partial charge in [-0.15, -0.1) is 22.7 Å². The highest BCUT2D eigenvalue weighted by atomic mass is 32.1. The number of ketones is 1. The maximum atomic E-state index is 11.6. The van der Waals surface area contributed by atoms with Crippen LogP contribution < -0.4 is 9.47 Å². The van der Waals surface area contributed by atoms with E-state index in [1.54, 1.807) is 48.0 Å². The van der Waals surface area contributed by atoms with Gasteiger partial charge in [-0.25, -0.2) is 4.98 Å². The number of fused-ring (bicyclic) bond motifs is 1. The summed E-state index contributed by atoms with van der Waals surface area (Å²) >= 11 is 3.23. The fraction of sp³-hybridized carbons (Fsp3) is 0.150. The Morgan fingerprint density at radius 3 is 2.67 bits per heavy atom. The first-order valence-electron chi connectivity index (χ1n) is 8.23. The van der Waals surface area contributed by atoms with Crippen molar-refractivity contribution in [1.82, 2.24) is 9.97 Å². The molecule has 0 bridgehead atoms. The molecule has 0 saturated heterocycles. The van der Waals surface area contributed by atoms with Gasteiger partial charge in [-0.2, -0.15) is 4.98 Å². The maximum Gasteiger partial charge on any atom is 0.232 e. The van der Waals surface area contributed by atoms with E-state index < -0.39 is 0 Å². The average Bonchev–Trinajstić information content (AvgIpc) is 3.30. The minimum absolute atomic E-state index is 0.0297. The van der Waals surface area contributed by atoms with Crippen LogP contribution in [0.2, 0.25) is 0 Å². The zero-order valence-electron chi connectivity index (χ0n) is 15.0. The van der Waals surface area contributed by atoms with E-state index in [9.17, 15) is 4.79 Å². The molecule has 0 aliphatic carbocycles. The quantitative estimate of drug-likeness (QED) is 0.403. The van der Waals surface area contributed by atoms with Crippen LogP contribution in [0.15, 0.2) is 41.1 Å². The van der Waals surface area contributed by atoms with Gasteiger partial charge in [0.05, 0.1) is 12.5 Å². The van der Waals surface area contributed by atoms with Crippen molar-refractivity contribution >= 4 is 38.7 Å². The van der Waals surface area contributed by atoms with Crippen LogP contribution >= 0.6 is 22.7 Å². The number of ether oxygens (including phenoxy) is 2. The summed E-state index contributed by atoms with van der Waals surface area (Å²) in [6, 6.07) is 9.21. The minimum atomic E-state index is -0.0297. The van der Waals surface area contributed by atoms with E-state index in [0.29, 0.717) is 28.8 Å². The second-order valence-corrected chi connectivity index (χ2v) is 7.71. The average molecular weight is 396 g/mol. The molecule has 0 spiro atoms. The topological polar surface area (TPSA) is 61.3 Å². The Labute approximate surface area is 164 Å². The largest absolute Gasteiger partial charge is 0.493 e. The molecule has 0 aliphatic rings. The summed E-state index contributed by atoms with van der Waals surface area (Å²) in [7, 11) is 1.55. The number of hydrogen-bond donors (Lipinski definition) is 0. The summed E-state index contributed by atoms with van der Waals surface area (Å²) in [6.45, 7) is 3.36. The lowest BCUT2D eigenvalue weighted by molar-refractivity contribution is 0.101. The molecule has 4 rings (SSSR count). The molecule has 27 heavy (non-hydrogen) atoms. The molecular formula is C20H16N2O3S2. The molecule has 0 amide bonds. The van der Waals surface area contributed by atoms with Crippen molar-refractivity contribution in [2.24, 2.45) is 0 Å². The highest BCUT2D eigenvalue weighted by molar-refractivity contribution is 7.18. The zero-order chi connectivity index (χ0) is 19.0. The predicted octanol–water partition coefficient (Wildman–Crippen LogP) is 5.73. The molecule has 136 valence electrons. The Balaban J connectivity index is 1.85. The number of nitrogens with zero attached hydrogens (tertiary/aromatic N) is 2. The fourth-order valence-corrected chi connectivity index (χ4v) is 4.57. The van der Waals surface area contributed by atoms with Crippen LogP contribution in [0.5, 0.6) is 17.4 Å². The summed E-state index contributed by atoms with van der Waals surface area (Å²) in [6.07, 6.45) is 0. The van der Waals surface area contributed by atoms with Crippen molar-refractivity contribution in [1.29, 1.82) is 0 Å².